The molecule has 2 unspecified atom stereocenters. The zero-order chi connectivity index (χ0) is 13.9. The molecular weight excluding hydrogens is 326 g/mol. The van der Waals surface area contributed by atoms with Gasteiger partial charge in [0.05, 0.1) is 6.61 Å². The maximum Gasteiger partial charge on any atom is 0.0613 e. The van der Waals surface area contributed by atoms with Crippen molar-refractivity contribution in [2.24, 2.45) is 5.92 Å². The molecule has 0 heterocycles. The number of nitrogens with one attached hydrogen (secondary N) is 1. The zero-order valence-electron chi connectivity index (χ0n) is 11.3. The summed E-state index contributed by atoms with van der Waals surface area (Å²) in [6.07, 6.45) is 4.52. The van der Waals surface area contributed by atoms with Gasteiger partial charge in [0.2, 0.25) is 0 Å². The summed E-state index contributed by atoms with van der Waals surface area (Å²) in [5.41, 5.74) is 0.936. The number of aliphatic hydroxyl groups excluding tert-OH is 1. The lowest BCUT2D eigenvalue weighted by atomic mass is 9.77. The standard InChI is InChI=1S/C15H21BrClNO/c1-11-3-2-6-15(8-11,10-19)18-9-12-7-13(16)4-5-14(12)17/h4-5,7,11,18-19H,2-3,6,8-10H2,1H3. The van der Waals surface area contributed by atoms with E-state index in [1.165, 1.54) is 12.8 Å². The number of rotatable bonds is 4. The van der Waals surface area contributed by atoms with E-state index in [0.29, 0.717) is 12.5 Å². The van der Waals surface area contributed by atoms with E-state index in [0.717, 1.165) is 27.9 Å². The van der Waals surface area contributed by atoms with Crippen LogP contribution in [0.2, 0.25) is 5.02 Å². The quantitative estimate of drug-likeness (QED) is 0.859. The summed E-state index contributed by atoms with van der Waals surface area (Å²) in [6, 6.07) is 5.88. The average Bonchev–Trinajstić information content (AvgIpc) is 2.40. The predicted octanol–water partition coefficient (Wildman–Crippen LogP) is 4.13. The molecule has 2 atom stereocenters. The summed E-state index contributed by atoms with van der Waals surface area (Å²) in [7, 11) is 0. The second kappa shape index (κ2) is 6.57. The summed E-state index contributed by atoms with van der Waals surface area (Å²) in [5, 5.41) is 14.1. The number of hydrogen-bond acceptors (Lipinski definition) is 2. The van der Waals surface area contributed by atoms with E-state index in [2.05, 4.69) is 28.2 Å². The van der Waals surface area contributed by atoms with Gasteiger partial charge < -0.3 is 10.4 Å². The Morgan fingerprint density at radius 3 is 3.00 bits per heavy atom. The minimum Gasteiger partial charge on any atom is -0.394 e. The first-order chi connectivity index (χ1) is 9.04. The first-order valence-electron chi connectivity index (χ1n) is 6.84. The number of hydrogen-bond donors (Lipinski definition) is 2. The van der Waals surface area contributed by atoms with Crippen LogP contribution < -0.4 is 5.32 Å². The van der Waals surface area contributed by atoms with Gasteiger partial charge in [0, 0.05) is 21.6 Å². The van der Waals surface area contributed by atoms with Gasteiger partial charge in [-0.3, -0.25) is 0 Å². The van der Waals surface area contributed by atoms with E-state index in [9.17, 15) is 5.11 Å². The van der Waals surface area contributed by atoms with Crippen molar-refractivity contribution in [3.05, 3.63) is 33.3 Å². The normalized spacial score (nSPS) is 27.5. The molecule has 106 valence electrons. The second-order valence-corrected chi connectivity index (χ2v) is 7.05. The molecule has 1 aliphatic rings. The van der Waals surface area contributed by atoms with Crippen molar-refractivity contribution in [1.82, 2.24) is 5.32 Å². The number of halogens is 2. The maximum absolute atomic E-state index is 9.76. The lowest BCUT2D eigenvalue weighted by Gasteiger charge is -2.39. The Kier molecular flexibility index (Phi) is 5.29. The molecule has 0 radical (unpaired) electrons. The molecule has 4 heteroatoms. The van der Waals surface area contributed by atoms with Crippen LogP contribution in [0.15, 0.2) is 22.7 Å². The Balaban J connectivity index is 2.05. The number of benzene rings is 1. The van der Waals surface area contributed by atoms with Crippen LogP contribution in [0.25, 0.3) is 0 Å². The van der Waals surface area contributed by atoms with E-state index >= 15 is 0 Å². The molecule has 1 aromatic rings. The fraction of sp³-hybridized carbons (Fsp3) is 0.600. The van der Waals surface area contributed by atoms with Crippen LogP contribution in [-0.2, 0) is 6.54 Å². The molecule has 2 N–H and O–H groups in total. The largest absolute Gasteiger partial charge is 0.394 e. The Labute approximate surface area is 128 Å². The molecule has 0 aromatic heterocycles. The Hall–Kier alpha value is -0.0900. The van der Waals surface area contributed by atoms with Crippen LogP contribution in [0.5, 0.6) is 0 Å². The minimum absolute atomic E-state index is 0.136. The van der Waals surface area contributed by atoms with Crippen molar-refractivity contribution in [1.29, 1.82) is 0 Å². The third-order valence-corrected chi connectivity index (χ3v) is 4.92. The van der Waals surface area contributed by atoms with Gasteiger partial charge in [-0.2, -0.15) is 0 Å². The molecular formula is C15H21BrClNO. The smallest absolute Gasteiger partial charge is 0.0613 e. The summed E-state index contributed by atoms with van der Waals surface area (Å²) in [5.74, 6) is 0.673. The Bertz CT molecular complexity index is 440. The molecule has 0 saturated heterocycles. The molecule has 1 saturated carbocycles. The molecule has 0 bridgehead atoms. The molecule has 2 rings (SSSR count). The van der Waals surface area contributed by atoms with Crippen molar-refractivity contribution in [2.45, 2.75) is 44.7 Å². The molecule has 0 spiro atoms. The molecule has 1 aliphatic carbocycles. The fourth-order valence-corrected chi connectivity index (χ4v) is 3.57. The van der Waals surface area contributed by atoms with Crippen molar-refractivity contribution in [3.63, 3.8) is 0 Å². The van der Waals surface area contributed by atoms with Crippen molar-refractivity contribution >= 4 is 27.5 Å². The lowest BCUT2D eigenvalue weighted by molar-refractivity contribution is 0.0982. The monoisotopic (exact) mass is 345 g/mol. The van der Waals surface area contributed by atoms with E-state index in [4.69, 9.17) is 11.6 Å². The first-order valence-corrected chi connectivity index (χ1v) is 8.01. The van der Waals surface area contributed by atoms with E-state index in [1.807, 2.05) is 18.2 Å². The van der Waals surface area contributed by atoms with Crippen LogP contribution in [-0.4, -0.2) is 17.3 Å². The first kappa shape index (κ1) is 15.3. The molecule has 19 heavy (non-hydrogen) atoms. The summed E-state index contributed by atoms with van der Waals surface area (Å²) >= 11 is 9.67. The van der Waals surface area contributed by atoms with Crippen LogP contribution in [0.1, 0.15) is 38.2 Å². The molecule has 1 fully saturated rings. The van der Waals surface area contributed by atoms with Crippen LogP contribution in [0.4, 0.5) is 0 Å². The van der Waals surface area contributed by atoms with E-state index in [1.54, 1.807) is 0 Å². The highest BCUT2D eigenvalue weighted by molar-refractivity contribution is 9.10. The van der Waals surface area contributed by atoms with Gasteiger partial charge in [0.25, 0.3) is 0 Å². The fourth-order valence-electron chi connectivity index (χ4n) is 2.98. The SMILES string of the molecule is CC1CCCC(CO)(NCc2cc(Br)ccc2Cl)C1. The van der Waals surface area contributed by atoms with E-state index in [-0.39, 0.29) is 12.1 Å². The van der Waals surface area contributed by atoms with Crippen LogP contribution in [0, 0.1) is 5.92 Å². The van der Waals surface area contributed by atoms with Crippen molar-refractivity contribution in [3.8, 4) is 0 Å². The maximum atomic E-state index is 9.76. The zero-order valence-corrected chi connectivity index (χ0v) is 13.6. The average molecular weight is 347 g/mol. The third-order valence-electron chi connectivity index (χ3n) is 4.06. The van der Waals surface area contributed by atoms with Crippen molar-refractivity contribution in [2.75, 3.05) is 6.61 Å². The Morgan fingerprint density at radius 2 is 2.32 bits per heavy atom. The van der Waals surface area contributed by atoms with Gasteiger partial charge in [-0.25, -0.2) is 0 Å². The van der Waals surface area contributed by atoms with Gasteiger partial charge >= 0.3 is 0 Å². The summed E-state index contributed by atoms with van der Waals surface area (Å²) in [4.78, 5) is 0. The summed E-state index contributed by atoms with van der Waals surface area (Å²) < 4.78 is 1.03. The topological polar surface area (TPSA) is 32.3 Å². The van der Waals surface area contributed by atoms with Crippen LogP contribution in [0.3, 0.4) is 0 Å². The second-order valence-electron chi connectivity index (χ2n) is 5.73. The predicted molar refractivity (Wildman–Crippen MR) is 83.4 cm³/mol. The molecule has 1 aromatic carbocycles. The number of aliphatic hydroxyl groups is 1. The van der Waals surface area contributed by atoms with Gasteiger partial charge in [-0.15, -0.1) is 0 Å². The van der Waals surface area contributed by atoms with Gasteiger partial charge in [-0.1, -0.05) is 47.3 Å². The lowest BCUT2D eigenvalue weighted by Crippen LogP contribution is -2.51. The van der Waals surface area contributed by atoms with Gasteiger partial charge in [-0.05, 0) is 42.5 Å². The highest BCUT2D eigenvalue weighted by Gasteiger charge is 2.33. The highest BCUT2D eigenvalue weighted by atomic mass is 79.9. The Morgan fingerprint density at radius 1 is 1.53 bits per heavy atom. The molecule has 2 nitrogen and oxygen atoms in total. The summed E-state index contributed by atoms with van der Waals surface area (Å²) in [6.45, 7) is 3.16. The van der Waals surface area contributed by atoms with Gasteiger partial charge in [0.15, 0.2) is 0 Å². The van der Waals surface area contributed by atoms with Crippen molar-refractivity contribution < 1.29 is 5.11 Å². The minimum atomic E-state index is -0.136. The third kappa shape index (κ3) is 3.94. The highest BCUT2D eigenvalue weighted by Crippen LogP contribution is 2.32. The van der Waals surface area contributed by atoms with Gasteiger partial charge in [0.1, 0.15) is 0 Å². The molecule has 0 amide bonds. The van der Waals surface area contributed by atoms with Crippen LogP contribution >= 0.6 is 27.5 Å². The molecule has 0 aliphatic heterocycles. The van der Waals surface area contributed by atoms with E-state index < -0.39 is 0 Å².